The fourth-order valence-corrected chi connectivity index (χ4v) is 4.48. The summed E-state index contributed by atoms with van der Waals surface area (Å²) in [6.45, 7) is 0.630. The fourth-order valence-electron chi connectivity index (χ4n) is 2.68. The Balaban J connectivity index is 2.66. The predicted molar refractivity (Wildman–Crippen MR) is 104 cm³/mol. The third-order valence-electron chi connectivity index (χ3n) is 4.27. The van der Waals surface area contributed by atoms with E-state index in [4.69, 9.17) is 22.8 Å². The molecule has 0 aromatic heterocycles. The molecule has 0 saturated carbocycles. The predicted octanol–water partition coefficient (Wildman–Crippen LogP) is 2.84. The van der Waals surface area contributed by atoms with Crippen LogP contribution in [-0.4, -0.2) is 62.9 Å². The van der Waals surface area contributed by atoms with Crippen LogP contribution in [0.3, 0.4) is 0 Å². The summed E-state index contributed by atoms with van der Waals surface area (Å²) in [5.74, 6) is 0.454. The van der Waals surface area contributed by atoms with Gasteiger partial charge in [0.05, 0.1) is 36.0 Å². The van der Waals surface area contributed by atoms with Crippen LogP contribution in [0.4, 0.5) is 11.4 Å². The number of ether oxygens (including phenoxy) is 2. The van der Waals surface area contributed by atoms with Gasteiger partial charge in [0.15, 0.2) is 0 Å². The Bertz CT molecular complexity index is 601. The maximum Gasteiger partial charge on any atom is 0.500 e. The highest BCUT2D eigenvalue weighted by molar-refractivity contribution is 6.60. The Kier molecular flexibility index (Phi) is 9.67. The Morgan fingerprint density at radius 2 is 1.70 bits per heavy atom. The lowest BCUT2D eigenvalue weighted by molar-refractivity contribution is -0.386. The minimum Gasteiger partial charge on any atom is -0.494 e. The third kappa shape index (κ3) is 6.43. The van der Waals surface area contributed by atoms with Crippen LogP contribution < -0.4 is 9.64 Å². The van der Waals surface area contributed by atoms with E-state index in [-0.39, 0.29) is 12.3 Å². The lowest BCUT2D eigenvalue weighted by Crippen LogP contribution is -2.42. The molecule has 154 valence electrons. The van der Waals surface area contributed by atoms with E-state index in [1.807, 2.05) is 19.0 Å². The van der Waals surface area contributed by atoms with Crippen LogP contribution in [0, 0.1) is 10.1 Å². The van der Waals surface area contributed by atoms with Crippen molar-refractivity contribution in [3.63, 3.8) is 0 Å². The summed E-state index contributed by atoms with van der Waals surface area (Å²) in [4.78, 5) is 12.8. The molecule has 0 unspecified atom stereocenters. The van der Waals surface area contributed by atoms with Crippen molar-refractivity contribution in [3.05, 3.63) is 27.8 Å². The van der Waals surface area contributed by atoms with Gasteiger partial charge in [0, 0.05) is 48.1 Å². The molecule has 0 N–H and O–H groups in total. The van der Waals surface area contributed by atoms with Crippen LogP contribution in [0.25, 0.3) is 0 Å². The second kappa shape index (κ2) is 11.2. The highest BCUT2D eigenvalue weighted by Gasteiger charge is 2.36. The van der Waals surface area contributed by atoms with E-state index in [1.54, 1.807) is 27.4 Å². The lowest BCUT2D eigenvalue weighted by atomic mass is 10.1. The van der Waals surface area contributed by atoms with Crippen molar-refractivity contribution in [2.45, 2.75) is 25.5 Å². The quantitative estimate of drug-likeness (QED) is 0.215. The number of hydrogen-bond donors (Lipinski definition) is 0. The van der Waals surface area contributed by atoms with Gasteiger partial charge in [-0.3, -0.25) is 10.1 Å². The number of anilines is 1. The van der Waals surface area contributed by atoms with E-state index in [2.05, 4.69) is 0 Å². The van der Waals surface area contributed by atoms with E-state index < -0.39 is 13.7 Å². The van der Waals surface area contributed by atoms with Crippen molar-refractivity contribution in [2.75, 3.05) is 54.0 Å². The maximum atomic E-state index is 11.4. The zero-order valence-electron chi connectivity index (χ0n) is 16.9. The number of nitrogens with zero attached hydrogens (tertiary/aromatic N) is 2. The summed E-state index contributed by atoms with van der Waals surface area (Å²) in [7, 11) is 7.39. The minimum atomic E-state index is -2.56. The first-order chi connectivity index (χ1) is 12.8. The molecule has 0 aliphatic rings. The smallest absolute Gasteiger partial charge is 0.494 e. The van der Waals surface area contributed by atoms with Gasteiger partial charge in [-0.2, -0.15) is 0 Å². The van der Waals surface area contributed by atoms with E-state index in [0.717, 1.165) is 18.5 Å². The van der Waals surface area contributed by atoms with Crippen molar-refractivity contribution < 1.29 is 27.7 Å². The first-order valence-corrected chi connectivity index (χ1v) is 10.5. The van der Waals surface area contributed by atoms with Crippen LogP contribution in [-0.2, 0) is 24.6 Å². The second-order valence-corrected chi connectivity index (χ2v) is 9.20. The maximum absolute atomic E-state index is 11.4. The van der Waals surface area contributed by atoms with Crippen LogP contribution in [0.15, 0.2) is 12.1 Å². The number of hydrogen-bond acceptors (Lipinski definition) is 8. The van der Waals surface area contributed by atoms with Crippen molar-refractivity contribution in [1.82, 2.24) is 0 Å². The monoisotopic (exact) mass is 402 g/mol. The standard InChI is InChI=1S/C17H30N2O7Si/c1-18(2)16-11-14(15(19(20)21)12-17(16)22-3)13-26-9-7-8-10-27(23-4,24-5)25-6/h11-12H,7-10,13H2,1-6H3. The largest absolute Gasteiger partial charge is 0.500 e. The summed E-state index contributed by atoms with van der Waals surface area (Å²) in [5, 5.41) is 11.4. The molecule has 27 heavy (non-hydrogen) atoms. The van der Waals surface area contributed by atoms with Gasteiger partial charge in [-0.05, 0) is 18.9 Å². The fraction of sp³-hybridized carbons (Fsp3) is 0.647. The SMILES string of the molecule is COc1cc([N+](=O)[O-])c(COCCCC[Si](OC)(OC)OC)cc1N(C)C. The van der Waals surface area contributed by atoms with Gasteiger partial charge >= 0.3 is 8.80 Å². The van der Waals surface area contributed by atoms with Gasteiger partial charge in [0.2, 0.25) is 0 Å². The molecular formula is C17H30N2O7Si. The summed E-state index contributed by atoms with van der Waals surface area (Å²) in [6, 6.07) is 3.85. The second-order valence-electron chi connectivity index (χ2n) is 6.11. The van der Waals surface area contributed by atoms with Gasteiger partial charge in [-0.15, -0.1) is 0 Å². The summed E-state index contributed by atoms with van der Waals surface area (Å²) >= 11 is 0. The topological polar surface area (TPSA) is 92.5 Å². The molecule has 0 aliphatic heterocycles. The van der Waals surface area contributed by atoms with Gasteiger partial charge < -0.3 is 27.7 Å². The van der Waals surface area contributed by atoms with Crippen molar-refractivity contribution >= 4 is 20.2 Å². The van der Waals surface area contributed by atoms with Gasteiger partial charge in [0.1, 0.15) is 5.75 Å². The number of unbranched alkanes of at least 4 members (excludes halogenated alkanes) is 1. The number of nitro groups is 1. The number of rotatable bonds is 13. The highest BCUT2D eigenvalue weighted by atomic mass is 28.4. The summed E-state index contributed by atoms with van der Waals surface area (Å²) in [6.07, 6.45) is 1.59. The van der Waals surface area contributed by atoms with Gasteiger partial charge in [0.25, 0.3) is 5.69 Å². The molecular weight excluding hydrogens is 372 g/mol. The van der Waals surface area contributed by atoms with Crippen LogP contribution >= 0.6 is 0 Å². The first-order valence-electron chi connectivity index (χ1n) is 8.60. The molecule has 0 saturated heterocycles. The molecule has 0 heterocycles. The van der Waals surface area contributed by atoms with Gasteiger partial charge in [-0.1, -0.05) is 0 Å². The number of benzene rings is 1. The van der Waals surface area contributed by atoms with Crippen molar-refractivity contribution in [3.8, 4) is 5.75 Å². The average molecular weight is 403 g/mol. The molecule has 0 fully saturated rings. The van der Waals surface area contributed by atoms with Crippen molar-refractivity contribution in [1.29, 1.82) is 0 Å². The Morgan fingerprint density at radius 3 is 2.19 bits per heavy atom. The zero-order valence-corrected chi connectivity index (χ0v) is 17.9. The average Bonchev–Trinajstić information content (AvgIpc) is 2.67. The molecule has 0 radical (unpaired) electrons. The zero-order chi connectivity index (χ0) is 20.4. The molecule has 9 nitrogen and oxygen atoms in total. The molecule has 1 aromatic carbocycles. The Hall–Kier alpha value is -1.72. The third-order valence-corrected chi connectivity index (χ3v) is 7.10. The van der Waals surface area contributed by atoms with Crippen LogP contribution in [0.5, 0.6) is 5.75 Å². The molecule has 0 amide bonds. The molecule has 0 atom stereocenters. The number of methoxy groups -OCH3 is 1. The number of nitro benzene ring substituents is 1. The minimum absolute atomic E-state index is 0.0120. The van der Waals surface area contributed by atoms with Crippen LogP contribution in [0.2, 0.25) is 6.04 Å². The summed E-state index contributed by atoms with van der Waals surface area (Å²) < 4.78 is 27.0. The van der Waals surface area contributed by atoms with E-state index >= 15 is 0 Å². The molecule has 1 rings (SSSR count). The molecule has 10 heteroatoms. The van der Waals surface area contributed by atoms with Crippen LogP contribution in [0.1, 0.15) is 18.4 Å². The molecule has 1 aromatic rings. The van der Waals surface area contributed by atoms with E-state index in [0.29, 0.717) is 24.0 Å². The van der Waals surface area contributed by atoms with Crippen molar-refractivity contribution in [2.24, 2.45) is 0 Å². The lowest BCUT2D eigenvalue weighted by Gasteiger charge is -2.24. The Morgan fingerprint density at radius 1 is 1.07 bits per heavy atom. The Labute approximate surface area is 161 Å². The van der Waals surface area contributed by atoms with Gasteiger partial charge in [-0.25, -0.2) is 0 Å². The normalized spacial score (nSPS) is 11.5. The van der Waals surface area contributed by atoms with E-state index in [1.165, 1.54) is 13.2 Å². The highest BCUT2D eigenvalue weighted by Crippen LogP contribution is 2.34. The summed E-state index contributed by atoms with van der Waals surface area (Å²) in [5.41, 5.74) is 1.26. The molecule has 0 bridgehead atoms. The molecule has 0 aliphatic carbocycles. The van der Waals surface area contributed by atoms with E-state index in [9.17, 15) is 10.1 Å². The molecule has 0 spiro atoms. The first kappa shape index (κ1) is 23.3.